The van der Waals surface area contributed by atoms with Crippen LogP contribution in [-0.4, -0.2) is 15.0 Å². The molecule has 0 saturated carbocycles. The highest BCUT2D eigenvalue weighted by Crippen LogP contribution is 2.53. The molecule has 0 saturated heterocycles. The van der Waals surface area contributed by atoms with Crippen molar-refractivity contribution in [2.24, 2.45) is 0 Å². The summed E-state index contributed by atoms with van der Waals surface area (Å²) < 4.78 is 0. The van der Waals surface area contributed by atoms with E-state index in [1.807, 2.05) is 68.4 Å². The summed E-state index contributed by atoms with van der Waals surface area (Å²) in [5.41, 5.74) is 7.65. The Morgan fingerprint density at radius 3 is 2.00 bits per heavy atom. The summed E-state index contributed by atoms with van der Waals surface area (Å²) in [6, 6.07) is 4.96. The summed E-state index contributed by atoms with van der Waals surface area (Å²) in [5, 5.41) is 5.23. The van der Waals surface area contributed by atoms with E-state index < -0.39 is 0 Å². The van der Waals surface area contributed by atoms with E-state index in [0.29, 0.717) is 5.25 Å². The minimum absolute atomic E-state index is 0.409. The highest BCUT2D eigenvalue weighted by molar-refractivity contribution is 8.09. The molecule has 54 heavy (non-hydrogen) atoms. The molecule has 1 atom stereocenters. The lowest BCUT2D eigenvalue weighted by atomic mass is 10.1. The quantitative estimate of drug-likeness (QED) is 0.0549. The van der Waals surface area contributed by atoms with E-state index in [1.165, 1.54) is 176 Å². The van der Waals surface area contributed by atoms with Crippen LogP contribution in [0.1, 0.15) is 174 Å². The van der Waals surface area contributed by atoms with E-state index in [2.05, 4.69) is 63.0 Å². The molecule has 0 radical (unpaired) electrons. The fourth-order valence-electron chi connectivity index (χ4n) is 7.25. The molecule has 0 spiro atoms. The van der Waals surface area contributed by atoms with Gasteiger partial charge in [0.1, 0.15) is 10.0 Å². The predicted octanol–water partition coefficient (Wildman–Crippen LogP) is 16.9. The van der Waals surface area contributed by atoms with Crippen LogP contribution in [0.5, 0.6) is 0 Å². The average Bonchev–Trinajstić information content (AvgIpc) is 4.03. The Labute approximate surface area is 350 Å². The Morgan fingerprint density at radius 2 is 1.28 bits per heavy atom. The van der Waals surface area contributed by atoms with Crippen molar-refractivity contribution < 1.29 is 0 Å². The zero-order chi connectivity index (χ0) is 37.5. The van der Waals surface area contributed by atoms with Gasteiger partial charge in [0.05, 0.1) is 31.5 Å². The first kappa shape index (κ1) is 42.0. The smallest absolute Gasteiger partial charge is 0.133 e. The van der Waals surface area contributed by atoms with E-state index in [-0.39, 0.29) is 0 Å². The van der Waals surface area contributed by atoms with Crippen molar-refractivity contribution in [1.29, 1.82) is 0 Å². The summed E-state index contributed by atoms with van der Waals surface area (Å²) in [4.78, 5) is 25.1. The number of rotatable bonds is 25. The van der Waals surface area contributed by atoms with Crippen LogP contribution in [0.25, 0.3) is 34.3 Å². The third kappa shape index (κ3) is 11.5. The van der Waals surface area contributed by atoms with Crippen molar-refractivity contribution in [3.63, 3.8) is 0 Å². The molecule has 0 fully saturated rings. The Balaban J connectivity index is 1.17. The molecule has 1 aliphatic heterocycles. The number of aromatic nitrogens is 3. The lowest BCUT2D eigenvalue weighted by Gasteiger charge is -2.05. The molecule has 0 aliphatic carbocycles. The zero-order valence-electron chi connectivity index (χ0n) is 33.2. The van der Waals surface area contributed by atoms with Gasteiger partial charge in [0.2, 0.25) is 0 Å². The normalized spacial score (nSPS) is 14.4. The molecular formula is C45H61N3S6. The number of thioether (sulfide) groups is 1. The Kier molecular flexibility index (Phi) is 17.4. The zero-order valence-corrected chi connectivity index (χ0v) is 38.1. The van der Waals surface area contributed by atoms with Crippen LogP contribution in [0.4, 0.5) is 0 Å². The van der Waals surface area contributed by atoms with Gasteiger partial charge in [-0.2, -0.15) is 0 Å². The maximum Gasteiger partial charge on any atom is 0.133 e. The summed E-state index contributed by atoms with van der Waals surface area (Å²) in [5.74, 6) is 0. The van der Waals surface area contributed by atoms with Gasteiger partial charge in [-0.1, -0.05) is 111 Å². The highest BCUT2D eigenvalue weighted by Gasteiger charge is 2.27. The van der Waals surface area contributed by atoms with Crippen molar-refractivity contribution in [3.8, 4) is 29.4 Å². The summed E-state index contributed by atoms with van der Waals surface area (Å²) >= 11 is 11.6. The maximum absolute atomic E-state index is 5.38. The van der Waals surface area contributed by atoms with Crippen molar-refractivity contribution in [2.75, 3.05) is 0 Å². The van der Waals surface area contributed by atoms with Crippen molar-refractivity contribution in [2.45, 2.75) is 168 Å². The molecule has 0 aromatic carbocycles. The highest BCUT2D eigenvalue weighted by atomic mass is 32.2. The average molecular weight is 836 g/mol. The topological polar surface area (TPSA) is 38.7 Å². The number of allylic oxidation sites excluding steroid dienone is 1. The van der Waals surface area contributed by atoms with Crippen molar-refractivity contribution in [3.05, 3.63) is 67.7 Å². The number of aryl methyl sites for hydroxylation is 4. The first-order valence-electron chi connectivity index (χ1n) is 21.1. The summed E-state index contributed by atoms with van der Waals surface area (Å²) in [6.45, 7) is 9.18. The van der Waals surface area contributed by atoms with E-state index >= 15 is 0 Å². The van der Waals surface area contributed by atoms with Gasteiger partial charge in [-0.3, -0.25) is 0 Å². The van der Waals surface area contributed by atoms with Crippen LogP contribution in [0.2, 0.25) is 0 Å². The van der Waals surface area contributed by atoms with Crippen LogP contribution in [-0.2, 0) is 25.7 Å². The van der Waals surface area contributed by atoms with Gasteiger partial charge in [-0.25, -0.2) is 15.0 Å². The second-order valence-electron chi connectivity index (χ2n) is 14.9. The Hall–Kier alpha value is -1.62. The maximum atomic E-state index is 5.38. The van der Waals surface area contributed by atoms with E-state index in [4.69, 9.17) is 15.0 Å². The van der Waals surface area contributed by atoms with E-state index in [9.17, 15) is 0 Å². The fraction of sp³-hybridized carbons (Fsp3) is 0.578. The lowest BCUT2D eigenvalue weighted by molar-refractivity contribution is 0.662. The van der Waals surface area contributed by atoms with Crippen LogP contribution >= 0.6 is 68.4 Å². The molecule has 0 amide bonds. The molecule has 5 aromatic heterocycles. The monoisotopic (exact) mass is 835 g/mol. The number of hydrogen-bond acceptors (Lipinski definition) is 9. The SMILES string of the molecule is CCCCCCc1csc(-c2sc(C3=CCC(c4cnc(-c5sc(-c6scnc6CCCCCC)cc5CCCCCC)s4)S3)nc2CCCCCC)c1. The molecule has 9 heteroatoms. The summed E-state index contributed by atoms with van der Waals surface area (Å²) in [7, 11) is 0. The summed E-state index contributed by atoms with van der Waals surface area (Å²) in [6.07, 6.45) is 30.8. The third-order valence-electron chi connectivity index (χ3n) is 10.4. The molecule has 5 aromatic rings. The number of thiophene rings is 2. The Morgan fingerprint density at radius 1 is 0.593 bits per heavy atom. The molecular weight excluding hydrogens is 775 g/mol. The standard InChI is InChI=1S/C45H61N3S6/c1-5-9-13-17-21-32-27-38(49-30-32)43-35(24-20-16-12-8-4)48-44(54-43)37-26-25-36(51-37)40-29-46-45(53-40)41-33(22-18-14-10-6-2)28-39(52-41)42-34(47-31-50-42)23-19-15-11-7-3/h26-31,36H,5-25H2,1-4H3. The number of unbranched alkanes of at least 4 members (excludes halogenated alkanes) is 12. The fourth-order valence-corrected chi connectivity index (χ4v) is 14.2. The first-order chi connectivity index (χ1) is 26.6. The first-order valence-corrected chi connectivity index (χ1v) is 26.2. The molecule has 1 aliphatic rings. The van der Waals surface area contributed by atoms with Gasteiger partial charge in [0, 0.05) is 31.0 Å². The van der Waals surface area contributed by atoms with Crippen LogP contribution < -0.4 is 0 Å². The van der Waals surface area contributed by atoms with Crippen LogP contribution in [0, 0.1) is 0 Å². The molecule has 292 valence electrons. The van der Waals surface area contributed by atoms with E-state index in [0.717, 1.165) is 25.7 Å². The molecule has 6 heterocycles. The molecule has 0 N–H and O–H groups in total. The molecule has 0 bridgehead atoms. The van der Waals surface area contributed by atoms with Gasteiger partial charge >= 0.3 is 0 Å². The van der Waals surface area contributed by atoms with Crippen LogP contribution in [0.15, 0.2) is 35.3 Å². The molecule has 6 rings (SSSR count). The van der Waals surface area contributed by atoms with Crippen molar-refractivity contribution in [1.82, 2.24) is 15.0 Å². The van der Waals surface area contributed by atoms with Gasteiger partial charge in [0.25, 0.3) is 0 Å². The van der Waals surface area contributed by atoms with Crippen molar-refractivity contribution >= 4 is 73.4 Å². The lowest BCUT2D eigenvalue weighted by Crippen LogP contribution is -1.89. The third-order valence-corrected chi connectivity index (χ3v) is 17.8. The van der Waals surface area contributed by atoms with Gasteiger partial charge in [-0.05, 0) is 86.4 Å². The minimum atomic E-state index is 0.409. The number of hydrogen-bond donors (Lipinski definition) is 0. The Bertz CT molecular complexity index is 1870. The van der Waals surface area contributed by atoms with Crippen LogP contribution in [0.3, 0.4) is 0 Å². The second-order valence-corrected chi connectivity index (χ2v) is 21.1. The number of thiazole rings is 3. The predicted molar refractivity (Wildman–Crippen MR) is 246 cm³/mol. The largest absolute Gasteiger partial charge is 0.249 e. The minimum Gasteiger partial charge on any atom is -0.249 e. The number of nitrogens with zero attached hydrogens (tertiary/aromatic N) is 3. The molecule has 3 nitrogen and oxygen atoms in total. The van der Waals surface area contributed by atoms with Gasteiger partial charge < -0.3 is 0 Å². The van der Waals surface area contributed by atoms with Gasteiger partial charge in [0.15, 0.2) is 0 Å². The molecule has 1 unspecified atom stereocenters. The van der Waals surface area contributed by atoms with Gasteiger partial charge in [-0.15, -0.1) is 68.4 Å². The second kappa shape index (κ2) is 22.4. The van der Waals surface area contributed by atoms with E-state index in [1.54, 1.807) is 0 Å².